The Hall–Kier alpha value is -0.120. The monoisotopic (exact) mass is 268 g/mol. The summed E-state index contributed by atoms with van der Waals surface area (Å²) in [7, 11) is 1.80. The van der Waals surface area contributed by atoms with Gasteiger partial charge in [0.1, 0.15) is 0 Å². The van der Waals surface area contributed by atoms with E-state index in [1.165, 1.54) is 32.1 Å². The molecule has 0 aromatic rings. The van der Waals surface area contributed by atoms with Gasteiger partial charge in [0, 0.05) is 31.8 Å². The number of hydrogen-bond donors (Lipinski definition) is 1. The van der Waals surface area contributed by atoms with E-state index in [2.05, 4.69) is 25.7 Å². The molecule has 2 rings (SSSR count). The van der Waals surface area contributed by atoms with Gasteiger partial charge in [-0.1, -0.05) is 20.8 Å². The van der Waals surface area contributed by atoms with Gasteiger partial charge in [-0.2, -0.15) is 0 Å². The molecule has 2 atom stereocenters. The minimum Gasteiger partial charge on any atom is -0.383 e. The maximum atomic E-state index is 6.27. The van der Waals surface area contributed by atoms with Gasteiger partial charge in [0.2, 0.25) is 0 Å². The van der Waals surface area contributed by atoms with E-state index in [1.54, 1.807) is 7.11 Å². The fraction of sp³-hybridized carbons (Fsp3) is 1.00. The predicted octanol–water partition coefficient (Wildman–Crippen LogP) is 2.64. The first-order valence-electron chi connectivity index (χ1n) is 7.91. The molecule has 2 fully saturated rings. The second-order valence-corrected chi connectivity index (χ2v) is 7.49. The number of ether oxygens (including phenoxy) is 1. The number of nitrogens with two attached hydrogens (primary N) is 1. The Morgan fingerprint density at radius 3 is 2.42 bits per heavy atom. The highest BCUT2D eigenvalue weighted by Gasteiger charge is 2.50. The number of hydrogen-bond acceptors (Lipinski definition) is 3. The second-order valence-electron chi connectivity index (χ2n) is 7.49. The third kappa shape index (κ3) is 3.14. The highest BCUT2D eigenvalue weighted by atomic mass is 16.5. The molecule has 3 nitrogen and oxygen atoms in total. The first-order chi connectivity index (χ1) is 8.95. The van der Waals surface area contributed by atoms with E-state index in [-0.39, 0.29) is 5.54 Å². The van der Waals surface area contributed by atoms with Gasteiger partial charge in [-0.15, -0.1) is 0 Å². The molecule has 2 saturated carbocycles. The SMILES string of the molecule is COCCN(C1CC1)C1(CN)CCC(C)(C)CC1C. The first-order valence-corrected chi connectivity index (χ1v) is 7.91. The molecule has 0 spiro atoms. The maximum absolute atomic E-state index is 6.27. The number of methoxy groups -OCH3 is 1. The van der Waals surface area contributed by atoms with E-state index < -0.39 is 0 Å². The third-order valence-corrected chi connectivity index (χ3v) is 5.46. The summed E-state index contributed by atoms with van der Waals surface area (Å²) in [6.07, 6.45) is 6.53. The Balaban J connectivity index is 2.15. The Morgan fingerprint density at radius 2 is 1.95 bits per heavy atom. The van der Waals surface area contributed by atoms with Crippen molar-refractivity contribution in [3.8, 4) is 0 Å². The first kappa shape index (κ1) is 15.3. The molecule has 2 unspecified atom stereocenters. The van der Waals surface area contributed by atoms with E-state index in [1.807, 2.05) is 0 Å². The van der Waals surface area contributed by atoms with Crippen LogP contribution in [0.2, 0.25) is 0 Å². The summed E-state index contributed by atoms with van der Waals surface area (Å²) in [5.74, 6) is 0.679. The van der Waals surface area contributed by atoms with Crippen LogP contribution in [0.25, 0.3) is 0 Å². The summed E-state index contributed by atoms with van der Waals surface area (Å²) in [6, 6.07) is 0.766. The lowest BCUT2D eigenvalue weighted by Gasteiger charge is -2.54. The normalized spacial score (nSPS) is 34.7. The summed E-state index contributed by atoms with van der Waals surface area (Å²) in [5.41, 5.74) is 6.97. The Labute approximate surface area is 118 Å². The molecular formula is C16H32N2O. The predicted molar refractivity (Wildman–Crippen MR) is 80.2 cm³/mol. The van der Waals surface area contributed by atoms with Crippen molar-refractivity contribution in [3.05, 3.63) is 0 Å². The van der Waals surface area contributed by atoms with Crippen molar-refractivity contribution in [1.82, 2.24) is 4.90 Å². The average molecular weight is 268 g/mol. The Kier molecular flexibility index (Phi) is 4.59. The zero-order valence-electron chi connectivity index (χ0n) is 13.2. The summed E-state index contributed by atoms with van der Waals surface area (Å²) < 4.78 is 5.32. The molecule has 0 bridgehead atoms. The lowest BCUT2D eigenvalue weighted by atomic mass is 9.63. The van der Waals surface area contributed by atoms with Gasteiger partial charge in [0.05, 0.1) is 6.61 Å². The summed E-state index contributed by atoms with van der Waals surface area (Å²) in [6.45, 7) is 9.89. The van der Waals surface area contributed by atoms with Crippen molar-refractivity contribution in [2.24, 2.45) is 17.1 Å². The van der Waals surface area contributed by atoms with Crippen LogP contribution in [-0.4, -0.2) is 43.3 Å². The Bertz CT molecular complexity index is 301. The largest absolute Gasteiger partial charge is 0.383 e. The van der Waals surface area contributed by atoms with Crippen LogP contribution in [0.5, 0.6) is 0 Å². The fourth-order valence-corrected chi connectivity index (χ4v) is 4.11. The van der Waals surface area contributed by atoms with Crippen molar-refractivity contribution in [3.63, 3.8) is 0 Å². The topological polar surface area (TPSA) is 38.5 Å². The molecule has 3 heteroatoms. The van der Waals surface area contributed by atoms with Crippen molar-refractivity contribution in [1.29, 1.82) is 0 Å². The quantitative estimate of drug-likeness (QED) is 0.805. The van der Waals surface area contributed by atoms with Crippen molar-refractivity contribution in [2.45, 2.75) is 64.5 Å². The zero-order valence-corrected chi connectivity index (χ0v) is 13.2. The molecule has 0 saturated heterocycles. The van der Waals surface area contributed by atoms with Gasteiger partial charge >= 0.3 is 0 Å². The van der Waals surface area contributed by atoms with E-state index in [9.17, 15) is 0 Å². The highest BCUT2D eigenvalue weighted by Crippen LogP contribution is 2.48. The molecule has 0 amide bonds. The number of rotatable bonds is 6. The molecule has 2 aliphatic rings. The van der Waals surface area contributed by atoms with Crippen LogP contribution in [0.4, 0.5) is 0 Å². The molecule has 0 aliphatic heterocycles. The van der Waals surface area contributed by atoms with Crippen molar-refractivity contribution < 1.29 is 4.74 Å². The van der Waals surface area contributed by atoms with Crippen LogP contribution >= 0.6 is 0 Å². The fourth-order valence-electron chi connectivity index (χ4n) is 4.11. The van der Waals surface area contributed by atoms with Crippen LogP contribution in [0.1, 0.15) is 52.9 Å². The van der Waals surface area contributed by atoms with Crippen LogP contribution in [0.3, 0.4) is 0 Å². The standard InChI is InChI=1S/C16H32N2O/c1-13-11-15(2,3)7-8-16(13,12-17)18(9-10-19-4)14-5-6-14/h13-14H,5-12,17H2,1-4H3. The lowest BCUT2D eigenvalue weighted by molar-refractivity contribution is -0.0374. The van der Waals surface area contributed by atoms with Crippen LogP contribution in [0, 0.1) is 11.3 Å². The Morgan fingerprint density at radius 1 is 1.26 bits per heavy atom. The van der Waals surface area contributed by atoms with Crippen LogP contribution in [-0.2, 0) is 4.74 Å². The van der Waals surface area contributed by atoms with Gasteiger partial charge in [0.25, 0.3) is 0 Å². The van der Waals surface area contributed by atoms with Crippen molar-refractivity contribution in [2.75, 3.05) is 26.8 Å². The van der Waals surface area contributed by atoms with Crippen LogP contribution < -0.4 is 5.73 Å². The van der Waals surface area contributed by atoms with Gasteiger partial charge in [-0.25, -0.2) is 0 Å². The third-order valence-electron chi connectivity index (χ3n) is 5.46. The molecule has 0 aromatic heterocycles. The smallest absolute Gasteiger partial charge is 0.0590 e. The maximum Gasteiger partial charge on any atom is 0.0590 e. The molecule has 2 aliphatic carbocycles. The second kappa shape index (κ2) is 5.71. The zero-order chi connectivity index (χ0) is 14.1. The van der Waals surface area contributed by atoms with Gasteiger partial charge in [-0.3, -0.25) is 4.90 Å². The summed E-state index contributed by atoms with van der Waals surface area (Å²) >= 11 is 0. The summed E-state index contributed by atoms with van der Waals surface area (Å²) in [4.78, 5) is 2.70. The molecule has 0 radical (unpaired) electrons. The molecule has 112 valence electrons. The summed E-state index contributed by atoms with van der Waals surface area (Å²) in [5, 5.41) is 0. The molecular weight excluding hydrogens is 236 g/mol. The minimum absolute atomic E-state index is 0.217. The molecule has 19 heavy (non-hydrogen) atoms. The molecule has 2 N–H and O–H groups in total. The number of nitrogens with zero attached hydrogens (tertiary/aromatic N) is 1. The van der Waals surface area contributed by atoms with Crippen molar-refractivity contribution >= 4 is 0 Å². The lowest BCUT2D eigenvalue weighted by Crippen LogP contribution is -2.62. The van der Waals surface area contributed by atoms with Gasteiger partial charge in [0.15, 0.2) is 0 Å². The highest BCUT2D eigenvalue weighted by molar-refractivity contribution is 5.05. The van der Waals surface area contributed by atoms with E-state index >= 15 is 0 Å². The van der Waals surface area contributed by atoms with E-state index in [4.69, 9.17) is 10.5 Å². The molecule has 0 aromatic carbocycles. The average Bonchev–Trinajstić information content (AvgIpc) is 3.16. The molecule has 0 heterocycles. The van der Waals surface area contributed by atoms with Gasteiger partial charge in [-0.05, 0) is 43.4 Å². The van der Waals surface area contributed by atoms with E-state index in [0.29, 0.717) is 11.3 Å². The minimum atomic E-state index is 0.217. The van der Waals surface area contributed by atoms with Gasteiger partial charge < -0.3 is 10.5 Å². The van der Waals surface area contributed by atoms with Crippen LogP contribution in [0.15, 0.2) is 0 Å². The van der Waals surface area contributed by atoms with E-state index in [0.717, 1.165) is 25.7 Å².